The number of nitrogens with zero attached hydrogens (tertiary/aromatic N) is 1. The fourth-order valence-corrected chi connectivity index (χ4v) is 3.06. The van der Waals surface area contributed by atoms with Crippen LogP contribution in [0.2, 0.25) is 0 Å². The average molecular weight is 363 g/mol. The molecule has 1 unspecified atom stereocenters. The molecule has 1 atom stereocenters. The van der Waals surface area contributed by atoms with Crippen molar-refractivity contribution >= 4 is 27.6 Å². The summed E-state index contributed by atoms with van der Waals surface area (Å²) in [5, 5.41) is 2.90. The van der Waals surface area contributed by atoms with Gasteiger partial charge in [0.15, 0.2) is 0 Å². The van der Waals surface area contributed by atoms with E-state index in [1.54, 1.807) is 11.0 Å². The van der Waals surface area contributed by atoms with Crippen LogP contribution in [0.25, 0.3) is 0 Å². The van der Waals surface area contributed by atoms with Gasteiger partial charge in [-0.1, -0.05) is 28.1 Å². The molecule has 1 saturated heterocycles. The van der Waals surface area contributed by atoms with Gasteiger partial charge in [-0.3, -0.25) is 0 Å². The van der Waals surface area contributed by atoms with Gasteiger partial charge in [-0.2, -0.15) is 0 Å². The summed E-state index contributed by atoms with van der Waals surface area (Å²) in [6.45, 7) is 0.684. The molecule has 1 fully saturated rings. The quantitative estimate of drug-likeness (QED) is 0.804. The van der Waals surface area contributed by atoms with Crippen LogP contribution in [-0.4, -0.2) is 17.5 Å². The molecular weight excluding hydrogens is 347 g/mol. The van der Waals surface area contributed by atoms with Crippen LogP contribution in [0.15, 0.2) is 53.0 Å². The Bertz CT molecular complexity index is 675. The number of urea groups is 1. The molecule has 1 aliphatic rings. The first kappa shape index (κ1) is 15.0. The third-order valence-electron chi connectivity index (χ3n) is 3.84. The molecule has 5 heteroatoms. The fraction of sp³-hybridized carbons (Fsp3) is 0.235. The number of carbonyl (C=O) groups excluding carboxylic acids is 1. The highest BCUT2D eigenvalue weighted by atomic mass is 79.9. The number of carbonyl (C=O) groups is 1. The topological polar surface area (TPSA) is 32.3 Å². The highest BCUT2D eigenvalue weighted by Crippen LogP contribution is 2.32. The Hall–Kier alpha value is -1.88. The molecule has 1 heterocycles. The Kier molecular flexibility index (Phi) is 4.43. The summed E-state index contributed by atoms with van der Waals surface area (Å²) in [6.07, 6.45) is 1.78. The lowest BCUT2D eigenvalue weighted by molar-refractivity contribution is 0.207. The Morgan fingerprint density at radius 2 is 2.00 bits per heavy atom. The van der Waals surface area contributed by atoms with Crippen molar-refractivity contribution in [2.45, 2.75) is 18.9 Å². The largest absolute Gasteiger partial charge is 0.322 e. The summed E-state index contributed by atoms with van der Waals surface area (Å²) in [6, 6.07) is 13.7. The van der Waals surface area contributed by atoms with Gasteiger partial charge in [0.05, 0.1) is 6.04 Å². The van der Waals surface area contributed by atoms with Gasteiger partial charge in [-0.05, 0) is 54.8 Å². The van der Waals surface area contributed by atoms with E-state index in [0.717, 1.165) is 28.6 Å². The summed E-state index contributed by atoms with van der Waals surface area (Å²) >= 11 is 3.37. The number of likely N-dealkylation sites (tertiary alicyclic amines) is 1. The maximum absolute atomic E-state index is 13.4. The first-order valence-electron chi connectivity index (χ1n) is 7.22. The van der Waals surface area contributed by atoms with Crippen LogP contribution in [0.1, 0.15) is 24.4 Å². The van der Waals surface area contributed by atoms with Gasteiger partial charge in [0.25, 0.3) is 0 Å². The van der Waals surface area contributed by atoms with Gasteiger partial charge in [-0.15, -0.1) is 0 Å². The molecular formula is C17H16BrFN2O. The van der Waals surface area contributed by atoms with E-state index in [2.05, 4.69) is 21.2 Å². The molecule has 0 radical (unpaired) electrons. The zero-order valence-electron chi connectivity index (χ0n) is 11.9. The average Bonchev–Trinajstić information content (AvgIpc) is 2.99. The number of halogens is 2. The van der Waals surface area contributed by atoms with E-state index in [-0.39, 0.29) is 17.9 Å². The van der Waals surface area contributed by atoms with Gasteiger partial charge < -0.3 is 10.2 Å². The molecule has 2 aromatic rings. The van der Waals surface area contributed by atoms with E-state index >= 15 is 0 Å². The Morgan fingerprint density at radius 3 is 2.73 bits per heavy atom. The molecule has 2 aromatic carbocycles. The number of hydrogen-bond donors (Lipinski definition) is 1. The molecule has 0 aromatic heterocycles. The minimum atomic E-state index is -0.266. The molecule has 1 aliphatic heterocycles. The van der Waals surface area contributed by atoms with Gasteiger partial charge in [0.2, 0.25) is 0 Å². The maximum atomic E-state index is 13.4. The van der Waals surface area contributed by atoms with E-state index in [4.69, 9.17) is 0 Å². The van der Waals surface area contributed by atoms with Crippen LogP contribution in [0.5, 0.6) is 0 Å². The van der Waals surface area contributed by atoms with Crippen LogP contribution < -0.4 is 5.32 Å². The third kappa shape index (κ3) is 3.30. The van der Waals surface area contributed by atoms with Gasteiger partial charge in [-0.25, -0.2) is 9.18 Å². The maximum Gasteiger partial charge on any atom is 0.322 e. The summed E-state index contributed by atoms with van der Waals surface area (Å²) in [5.41, 5.74) is 1.60. The lowest BCUT2D eigenvalue weighted by Gasteiger charge is -2.25. The molecule has 22 heavy (non-hydrogen) atoms. The second-order valence-electron chi connectivity index (χ2n) is 5.34. The molecule has 2 amide bonds. The standard InChI is InChI=1S/C17H16BrFN2O/c18-13-6-8-15(9-7-13)20-17(22)21-10-2-5-16(21)12-3-1-4-14(19)11-12/h1,3-4,6-9,11,16H,2,5,10H2,(H,20,22). The second kappa shape index (κ2) is 6.48. The second-order valence-corrected chi connectivity index (χ2v) is 6.26. The van der Waals surface area contributed by atoms with E-state index in [1.165, 1.54) is 12.1 Å². The van der Waals surface area contributed by atoms with Crippen LogP contribution >= 0.6 is 15.9 Å². The first-order valence-corrected chi connectivity index (χ1v) is 8.01. The Morgan fingerprint density at radius 1 is 1.23 bits per heavy atom. The monoisotopic (exact) mass is 362 g/mol. The zero-order valence-corrected chi connectivity index (χ0v) is 13.5. The van der Waals surface area contributed by atoms with E-state index in [1.807, 2.05) is 30.3 Å². The molecule has 0 aliphatic carbocycles. The van der Waals surface area contributed by atoms with Crippen LogP contribution in [0.3, 0.4) is 0 Å². The SMILES string of the molecule is O=C(Nc1ccc(Br)cc1)N1CCCC1c1cccc(F)c1. The van der Waals surface area contributed by atoms with Crippen LogP contribution in [0, 0.1) is 5.82 Å². The third-order valence-corrected chi connectivity index (χ3v) is 4.37. The molecule has 0 bridgehead atoms. The molecule has 114 valence electrons. The van der Waals surface area contributed by atoms with Crippen molar-refractivity contribution in [1.29, 1.82) is 0 Å². The van der Waals surface area contributed by atoms with Gasteiger partial charge in [0.1, 0.15) is 5.82 Å². The zero-order chi connectivity index (χ0) is 15.5. The van der Waals surface area contributed by atoms with Crippen molar-refractivity contribution in [3.8, 4) is 0 Å². The number of nitrogens with one attached hydrogen (secondary N) is 1. The number of rotatable bonds is 2. The predicted octanol–water partition coefficient (Wildman–Crippen LogP) is 4.96. The number of hydrogen-bond acceptors (Lipinski definition) is 1. The van der Waals surface area contributed by atoms with E-state index < -0.39 is 0 Å². The van der Waals surface area contributed by atoms with Crippen molar-refractivity contribution in [3.63, 3.8) is 0 Å². The Balaban J connectivity index is 1.75. The lowest BCUT2D eigenvalue weighted by atomic mass is 10.0. The number of amides is 2. The van der Waals surface area contributed by atoms with E-state index in [9.17, 15) is 9.18 Å². The molecule has 0 saturated carbocycles. The van der Waals surface area contributed by atoms with Crippen molar-refractivity contribution in [1.82, 2.24) is 4.90 Å². The summed E-state index contributed by atoms with van der Waals surface area (Å²) in [5.74, 6) is -0.266. The molecule has 3 nitrogen and oxygen atoms in total. The fourth-order valence-electron chi connectivity index (χ4n) is 2.80. The summed E-state index contributed by atoms with van der Waals surface area (Å²) in [4.78, 5) is 14.3. The lowest BCUT2D eigenvalue weighted by Crippen LogP contribution is -2.34. The van der Waals surface area contributed by atoms with Crippen molar-refractivity contribution in [2.24, 2.45) is 0 Å². The van der Waals surface area contributed by atoms with Crippen LogP contribution in [0.4, 0.5) is 14.9 Å². The molecule has 3 rings (SSSR count). The highest BCUT2D eigenvalue weighted by Gasteiger charge is 2.30. The van der Waals surface area contributed by atoms with Gasteiger partial charge in [0, 0.05) is 16.7 Å². The minimum absolute atomic E-state index is 0.0638. The van der Waals surface area contributed by atoms with Crippen LogP contribution in [-0.2, 0) is 0 Å². The summed E-state index contributed by atoms with van der Waals surface area (Å²) in [7, 11) is 0. The van der Waals surface area contributed by atoms with E-state index in [0.29, 0.717) is 6.54 Å². The minimum Gasteiger partial charge on any atom is -0.317 e. The summed E-state index contributed by atoms with van der Waals surface area (Å²) < 4.78 is 14.4. The smallest absolute Gasteiger partial charge is 0.317 e. The molecule has 1 N–H and O–H groups in total. The number of benzene rings is 2. The van der Waals surface area contributed by atoms with Crippen molar-refractivity contribution in [2.75, 3.05) is 11.9 Å². The van der Waals surface area contributed by atoms with Crippen molar-refractivity contribution in [3.05, 3.63) is 64.4 Å². The predicted molar refractivity (Wildman–Crippen MR) is 88.2 cm³/mol. The van der Waals surface area contributed by atoms with Crippen molar-refractivity contribution < 1.29 is 9.18 Å². The normalized spacial score (nSPS) is 17.5. The Labute approximate surface area is 137 Å². The number of anilines is 1. The first-order chi connectivity index (χ1) is 10.6. The van der Waals surface area contributed by atoms with Gasteiger partial charge >= 0.3 is 6.03 Å². The highest BCUT2D eigenvalue weighted by molar-refractivity contribution is 9.10. The molecule has 0 spiro atoms.